The van der Waals surface area contributed by atoms with Gasteiger partial charge in [-0.3, -0.25) is 9.36 Å². The standard InChI is InChI=1S/C20H18N4O2S.C3H7NO/c1-11-5-6-13(17-7-12(2)23-26-17)8-15(11)16-9-14-10-21-20(27-4)22-18(14)24(3)19(16)25;1-3(2)4-5/h5-10H,1-4H3;5H,1-2H3. The van der Waals surface area contributed by atoms with Gasteiger partial charge in [0.25, 0.3) is 5.56 Å². The number of hydrogen-bond donors (Lipinski definition) is 1. The molecule has 0 bridgehead atoms. The number of hydrogen-bond acceptors (Lipinski definition) is 8. The van der Waals surface area contributed by atoms with Gasteiger partial charge in [0.2, 0.25) is 0 Å². The Morgan fingerprint density at radius 3 is 2.47 bits per heavy atom. The van der Waals surface area contributed by atoms with Gasteiger partial charge in [-0.25, -0.2) is 9.97 Å². The third-order valence-electron chi connectivity index (χ3n) is 4.75. The van der Waals surface area contributed by atoms with E-state index in [2.05, 4.69) is 20.3 Å². The number of aromatic nitrogens is 4. The molecule has 1 aromatic carbocycles. The number of thioether (sulfide) groups is 1. The minimum absolute atomic E-state index is 0.0951. The van der Waals surface area contributed by atoms with Gasteiger partial charge in [0, 0.05) is 35.8 Å². The molecule has 0 aliphatic heterocycles. The van der Waals surface area contributed by atoms with Crippen LogP contribution in [-0.4, -0.2) is 36.9 Å². The van der Waals surface area contributed by atoms with Crippen molar-refractivity contribution in [2.75, 3.05) is 6.26 Å². The van der Waals surface area contributed by atoms with Crippen LogP contribution in [0.15, 0.2) is 56.2 Å². The number of rotatable bonds is 3. The van der Waals surface area contributed by atoms with Crippen LogP contribution in [0.25, 0.3) is 33.5 Å². The van der Waals surface area contributed by atoms with E-state index < -0.39 is 0 Å². The lowest BCUT2D eigenvalue weighted by atomic mass is 9.97. The van der Waals surface area contributed by atoms with Gasteiger partial charge in [0.05, 0.1) is 11.4 Å². The predicted octanol–water partition coefficient (Wildman–Crippen LogP) is 4.85. The van der Waals surface area contributed by atoms with Gasteiger partial charge in [-0.15, -0.1) is 0 Å². The quantitative estimate of drug-likeness (QED) is 0.156. The molecule has 0 unspecified atom stereocenters. The van der Waals surface area contributed by atoms with Crippen molar-refractivity contribution in [1.82, 2.24) is 19.7 Å². The molecule has 4 rings (SSSR count). The van der Waals surface area contributed by atoms with Crippen molar-refractivity contribution >= 4 is 28.5 Å². The van der Waals surface area contributed by atoms with Gasteiger partial charge in [0.1, 0.15) is 5.65 Å². The highest BCUT2D eigenvalue weighted by molar-refractivity contribution is 7.98. The smallest absolute Gasteiger partial charge is 0.259 e. The van der Waals surface area contributed by atoms with E-state index in [1.54, 1.807) is 31.7 Å². The van der Waals surface area contributed by atoms with Gasteiger partial charge in [-0.2, -0.15) is 0 Å². The summed E-state index contributed by atoms with van der Waals surface area (Å²) in [5.74, 6) is 0.680. The Labute approximate surface area is 190 Å². The maximum Gasteiger partial charge on any atom is 0.259 e. The lowest BCUT2D eigenvalue weighted by molar-refractivity contribution is 0.318. The molecule has 166 valence electrons. The Morgan fingerprint density at radius 2 is 1.88 bits per heavy atom. The second-order valence-corrected chi connectivity index (χ2v) is 8.24. The van der Waals surface area contributed by atoms with Crippen molar-refractivity contribution in [3.8, 4) is 22.5 Å². The summed E-state index contributed by atoms with van der Waals surface area (Å²) in [5.41, 5.74) is 5.39. The van der Waals surface area contributed by atoms with Gasteiger partial charge in [-0.05, 0) is 57.2 Å². The SMILES string of the molecule is CC(C)=NO.CSc1ncc2cc(-c3cc(-c4cc(C)no4)ccc3C)c(=O)n(C)c2n1. The molecule has 4 aromatic rings. The molecule has 0 fully saturated rings. The first kappa shape index (κ1) is 23.2. The molecule has 0 saturated heterocycles. The first-order valence-corrected chi connectivity index (χ1v) is 11.1. The molecular formula is C23H25N5O3S. The molecule has 0 spiro atoms. The van der Waals surface area contributed by atoms with Crippen molar-refractivity contribution in [2.45, 2.75) is 32.9 Å². The normalized spacial score (nSPS) is 10.6. The third kappa shape index (κ3) is 4.88. The first-order valence-electron chi connectivity index (χ1n) is 9.86. The lowest BCUT2D eigenvalue weighted by Crippen LogP contribution is -2.20. The summed E-state index contributed by atoms with van der Waals surface area (Å²) < 4.78 is 6.96. The fourth-order valence-corrected chi connectivity index (χ4v) is 3.42. The van der Waals surface area contributed by atoms with Crippen LogP contribution < -0.4 is 5.56 Å². The van der Waals surface area contributed by atoms with Crippen LogP contribution in [0.4, 0.5) is 0 Å². The Balaban J connectivity index is 0.000000523. The molecule has 8 nitrogen and oxygen atoms in total. The number of benzene rings is 1. The van der Waals surface area contributed by atoms with E-state index in [0.717, 1.165) is 27.8 Å². The Kier molecular flexibility index (Phi) is 7.09. The number of pyridine rings is 1. The van der Waals surface area contributed by atoms with Gasteiger partial charge in [-0.1, -0.05) is 34.2 Å². The predicted molar refractivity (Wildman–Crippen MR) is 128 cm³/mol. The fraction of sp³-hybridized carbons (Fsp3) is 0.261. The van der Waals surface area contributed by atoms with Crippen LogP contribution in [0.1, 0.15) is 25.1 Å². The molecule has 0 aliphatic rings. The monoisotopic (exact) mass is 451 g/mol. The molecule has 0 saturated carbocycles. The van der Waals surface area contributed by atoms with Gasteiger partial charge < -0.3 is 9.73 Å². The van der Waals surface area contributed by atoms with E-state index in [-0.39, 0.29) is 5.56 Å². The van der Waals surface area contributed by atoms with Crippen molar-refractivity contribution < 1.29 is 9.73 Å². The number of fused-ring (bicyclic) bond motifs is 1. The number of aryl methyl sites for hydroxylation is 3. The maximum absolute atomic E-state index is 13.0. The number of oxime groups is 1. The van der Waals surface area contributed by atoms with E-state index in [1.165, 1.54) is 11.8 Å². The van der Waals surface area contributed by atoms with Gasteiger partial charge >= 0.3 is 0 Å². The summed E-state index contributed by atoms with van der Waals surface area (Å²) in [6.45, 7) is 7.31. The molecule has 0 aliphatic carbocycles. The zero-order valence-corrected chi connectivity index (χ0v) is 19.7. The topological polar surface area (TPSA) is 106 Å². The summed E-state index contributed by atoms with van der Waals surface area (Å²) in [6, 6.07) is 9.66. The molecule has 1 N–H and O–H groups in total. The molecule has 3 aromatic heterocycles. The van der Waals surface area contributed by atoms with Gasteiger partial charge in [0.15, 0.2) is 10.9 Å². The minimum atomic E-state index is -0.0951. The van der Waals surface area contributed by atoms with Crippen LogP contribution in [0.5, 0.6) is 0 Å². The Morgan fingerprint density at radius 1 is 1.16 bits per heavy atom. The highest BCUT2D eigenvalue weighted by Gasteiger charge is 2.15. The van der Waals surface area contributed by atoms with E-state index in [1.807, 2.05) is 50.4 Å². The zero-order chi connectivity index (χ0) is 23.4. The third-order valence-corrected chi connectivity index (χ3v) is 5.31. The second-order valence-electron chi connectivity index (χ2n) is 7.47. The summed E-state index contributed by atoms with van der Waals surface area (Å²) in [5, 5.41) is 16.0. The maximum atomic E-state index is 13.0. The molecule has 0 radical (unpaired) electrons. The largest absolute Gasteiger partial charge is 0.411 e. The highest BCUT2D eigenvalue weighted by Crippen LogP contribution is 2.29. The van der Waals surface area contributed by atoms with E-state index in [9.17, 15) is 4.79 Å². The summed E-state index contributed by atoms with van der Waals surface area (Å²) in [4.78, 5) is 21.9. The molecular weight excluding hydrogens is 426 g/mol. The van der Waals surface area contributed by atoms with Crippen LogP contribution in [0.3, 0.4) is 0 Å². The Bertz CT molecular complexity index is 1350. The first-order chi connectivity index (χ1) is 15.2. The molecule has 32 heavy (non-hydrogen) atoms. The second kappa shape index (κ2) is 9.78. The Hall–Kier alpha value is -3.46. The van der Waals surface area contributed by atoms with E-state index in [0.29, 0.717) is 27.8 Å². The summed E-state index contributed by atoms with van der Waals surface area (Å²) >= 11 is 1.45. The highest BCUT2D eigenvalue weighted by atomic mass is 32.2. The van der Waals surface area contributed by atoms with Crippen LogP contribution in [-0.2, 0) is 7.05 Å². The van der Waals surface area contributed by atoms with Crippen LogP contribution >= 0.6 is 11.8 Å². The molecule has 0 amide bonds. The summed E-state index contributed by atoms with van der Waals surface area (Å²) in [7, 11) is 1.74. The average Bonchev–Trinajstić information content (AvgIpc) is 3.23. The van der Waals surface area contributed by atoms with Crippen molar-refractivity contribution in [2.24, 2.45) is 12.2 Å². The van der Waals surface area contributed by atoms with Crippen LogP contribution in [0, 0.1) is 13.8 Å². The lowest BCUT2D eigenvalue weighted by Gasteiger charge is -2.11. The van der Waals surface area contributed by atoms with Crippen molar-refractivity contribution in [3.63, 3.8) is 0 Å². The fourth-order valence-electron chi connectivity index (χ4n) is 3.09. The molecule has 0 atom stereocenters. The minimum Gasteiger partial charge on any atom is -0.411 e. The number of nitrogens with zero attached hydrogens (tertiary/aromatic N) is 5. The average molecular weight is 452 g/mol. The zero-order valence-electron chi connectivity index (χ0n) is 18.9. The summed E-state index contributed by atoms with van der Waals surface area (Å²) in [6.07, 6.45) is 3.67. The van der Waals surface area contributed by atoms with Crippen molar-refractivity contribution in [3.05, 3.63) is 58.1 Å². The molecule has 3 heterocycles. The van der Waals surface area contributed by atoms with E-state index in [4.69, 9.17) is 9.73 Å². The van der Waals surface area contributed by atoms with Crippen LogP contribution in [0.2, 0.25) is 0 Å². The van der Waals surface area contributed by atoms with Crippen molar-refractivity contribution in [1.29, 1.82) is 0 Å². The molecule has 9 heteroatoms. The van der Waals surface area contributed by atoms with E-state index >= 15 is 0 Å².